The maximum absolute atomic E-state index is 12.2. The number of Topliss-reactive ketones (excluding diaryl/α,β-unsaturated/α-hetero) is 1. The topological polar surface area (TPSA) is 66.4 Å². The van der Waals surface area contributed by atoms with Crippen molar-refractivity contribution in [2.75, 3.05) is 6.54 Å². The van der Waals surface area contributed by atoms with E-state index >= 15 is 0 Å². The van der Waals surface area contributed by atoms with Gasteiger partial charge in [0.2, 0.25) is 5.91 Å². The normalized spacial score (nSPS) is 12.1. The fraction of sp³-hybridized carbons (Fsp3) is 0.960. The summed E-state index contributed by atoms with van der Waals surface area (Å²) >= 11 is 0. The highest BCUT2D eigenvalue weighted by molar-refractivity contribution is 5.78. The van der Waals surface area contributed by atoms with E-state index in [1.54, 1.807) is 0 Å². The Balaban J connectivity index is 3.29. The molecule has 322 valence electrons. The Hall–Kier alpha value is -0.900. The molecule has 0 fully saturated rings. The van der Waals surface area contributed by atoms with Crippen molar-refractivity contribution in [1.82, 2.24) is 5.32 Å². The van der Waals surface area contributed by atoms with Crippen molar-refractivity contribution in [1.29, 1.82) is 0 Å². The van der Waals surface area contributed by atoms with Crippen LogP contribution in [0.2, 0.25) is 0 Å². The van der Waals surface area contributed by atoms with E-state index in [0.29, 0.717) is 18.7 Å². The van der Waals surface area contributed by atoms with Gasteiger partial charge >= 0.3 is 0 Å². The number of nitrogens with one attached hydrogen (secondary N) is 1. The van der Waals surface area contributed by atoms with Crippen molar-refractivity contribution in [3.8, 4) is 0 Å². The number of hydrogen-bond donors (Lipinski definition) is 2. The highest BCUT2D eigenvalue weighted by Gasteiger charge is 2.07. The molecule has 2 N–H and O–H groups in total. The molecule has 0 aromatic heterocycles. The lowest BCUT2D eigenvalue weighted by Gasteiger charge is -2.12. The number of hydrogen-bond acceptors (Lipinski definition) is 3. The average molecular weight is 762 g/mol. The molecule has 0 aliphatic heterocycles. The molecule has 0 bridgehead atoms. The maximum Gasteiger partial charge on any atom is 0.220 e. The zero-order valence-electron chi connectivity index (χ0n) is 37.2. The second kappa shape index (κ2) is 46.5. The van der Waals surface area contributed by atoms with Gasteiger partial charge < -0.3 is 10.4 Å². The lowest BCUT2D eigenvalue weighted by atomic mass is 10.0. The molecule has 0 rings (SSSR count). The van der Waals surface area contributed by atoms with Crippen LogP contribution in [0, 0.1) is 0 Å². The molecule has 0 aliphatic rings. The van der Waals surface area contributed by atoms with Crippen LogP contribution in [0.3, 0.4) is 0 Å². The molecule has 4 nitrogen and oxygen atoms in total. The zero-order chi connectivity index (χ0) is 39.3. The van der Waals surface area contributed by atoms with Gasteiger partial charge in [0.05, 0.1) is 6.10 Å². The minimum atomic E-state index is -0.398. The minimum Gasteiger partial charge on any atom is -0.391 e. The summed E-state index contributed by atoms with van der Waals surface area (Å²) in [5, 5.41) is 13.2. The summed E-state index contributed by atoms with van der Waals surface area (Å²) < 4.78 is 0. The summed E-state index contributed by atoms with van der Waals surface area (Å²) in [5.41, 5.74) is 0. The quantitative estimate of drug-likeness (QED) is 0.0607. The molecule has 1 amide bonds. The zero-order valence-corrected chi connectivity index (χ0v) is 37.2. The van der Waals surface area contributed by atoms with Gasteiger partial charge in [-0.15, -0.1) is 0 Å². The minimum absolute atomic E-state index is 0.103. The predicted molar refractivity (Wildman–Crippen MR) is 239 cm³/mol. The van der Waals surface area contributed by atoms with Gasteiger partial charge in [-0.05, 0) is 25.7 Å². The number of ketones is 1. The van der Waals surface area contributed by atoms with E-state index in [1.807, 2.05) is 0 Å². The fourth-order valence-electron chi connectivity index (χ4n) is 8.01. The smallest absolute Gasteiger partial charge is 0.220 e. The summed E-state index contributed by atoms with van der Waals surface area (Å²) in [6.07, 6.45) is 55.5. The summed E-state index contributed by atoms with van der Waals surface area (Å²) in [4.78, 5) is 24.4. The fourth-order valence-corrected chi connectivity index (χ4v) is 8.01. The Morgan fingerprint density at radius 2 is 0.593 bits per heavy atom. The largest absolute Gasteiger partial charge is 0.391 e. The number of rotatable bonds is 47. The van der Waals surface area contributed by atoms with Gasteiger partial charge in [0, 0.05) is 25.8 Å². The van der Waals surface area contributed by atoms with Crippen LogP contribution in [-0.4, -0.2) is 29.4 Å². The Morgan fingerprint density at radius 3 is 0.889 bits per heavy atom. The molecular formula is C50H99NO3. The summed E-state index contributed by atoms with van der Waals surface area (Å²) in [7, 11) is 0. The SMILES string of the molecule is CCCCCCCCCCCCCCCC[C@@H](O)CNC(=O)CCCCCCCCCCCCCCCC(=O)CCCCCCCCCCCCCCC. The van der Waals surface area contributed by atoms with Crippen molar-refractivity contribution in [2.45, 2.75) is 302 Å². The lowest BCUT2D eigenvalue weighted by molar-refractivity contribution is -0.121. The Kier molecular flexibility index (Phi) is 45.7. The van der Waals surface area contributed by atoms with Crippen LogP contribution in [0.5, 0.6) is 0 Å². The van der Waals surface area contributed by atoms with Gasteiger partial charge in [-0.1, -0.05) is 251 Å². The molecule has 0 saturated carbocycles. The van der Waals surface area contributed by atoms with Gasteiger partial charge in [0.15, 0.2) is 0 Å². The Labute approximate surface area is 339 Å². The average Bonchev–Trinajstić information content (AvgIpc) is 3.17. The second-order valence-corrected chi connectivity index (χ2v) is 17.5. The first-order valence-electron chi connectivity index (χ1n) is 25.1. The molecule has 0 aromatic rings. The van der Waals surface area contributed by atoms with E-state index in [2.05, 4.69) is 19.2 Å². The second-order valence-electron chi connectivity index (χ2n) is 17.5. The molecular weight excluding hydrogens is 663 g/mol. The first kappa shape index (κ1) is 53.1. The third-order valence-electron chi connectivity index (χ3n) is 11.8. The van der Waals surface area contributed by atoms with Crippen molar-refractivity contribution in [3.63, 3.8) is 0 Å². The lowest BCUT2D eigenvalue weighted by Crippen LogP contribution is -2.31. The third-order valence-corrected chi connectivity index (χ3v) is 11.8. The van der Waals surface area contributed by atoms with E-state index in [0.717, 1.165) is 51.4 Å². The summed E-state index contributed by atoms with van der Waals surface area (Å²) in [5.74, 6) is 0.605. The van der Waals surface area contributed by atoms with Gasteiger partial charge in [0.25, 0.3) is 0 Å². The van der Waals surface area contributed by atoms with Crippen LogP contribution in [0.25, 0.3) is 0 Å². The van der Waals surface area contributed by atoms with Crippen molar-refractivity contribution >= 4 is 11.7 Å². The molecule has 54 heavy (non-hydrogen) atoms. The highest BCUT2D eigenvalue weighted by Crippen LogP contribution is 2.17. The first-order chi connectivity index (χ1) is 26.6. The van der Waals surface area contributed by atoms with Crippen LogP contribution in [0.15, 0.2) is 0 Å². The van der Waals surface area contributed by atoms with Crippen LogP contribution in [-0.2, 0) is 9.59 Å². The summed E-state index contributed by atoms with van der Waals surface area (Å²) in [6.45, 7) is 4.98. The highest BCUT2D eigenvalue weighted by atomic mass is 16.3. The van der Waals surface area contributed by atoms with Gasteiger partial charge in [-0.3, -0.25) is 9.59 Å². The number of aliphatic hydroxyl groups excluding tert-OH is 1. The van der Waals surface area contributed by atoms with E-state index < -0.39 is 6.10 Å². The van der Waals surface area contributed by atoms with Crippen molar-refractivity contribution in [2.24, 2.45) is 0 Å². The van der Waals surface area contributed by atoms with Gasteiger partial charge in [0.1, 0.15) is 5.78 Å². The van der Waals surface area contributed by atoms with Gasteiger partial charge in [-0.2, -0.15) is 0 Å². The number of carbonyl (C=O) groups is 2. The number of aliphatic hydroxyl groups is 1. The molecule has 1 atom stereocenters. The molecule has 4 heteroatoms. The number of amides is 1. The first-order valence-corrected chi connectivity index (χ1v) is 25.1. The molecule has 0 unspecified atom stereocenters. The third kappa shape index (κ3) is 45.5. The molecule has 0 aliphatic carbocycles. The van der Waals surface area contributed by atoms with Crippen LogP contribution in [0.4, 0.5) is 0 Å². The molecule has 0 radical (unpaired) electrons. The maximum atomic E-state index is 12.2. The van der Waals surface area contributed by atoms with E-state index in [-0.39, 0.29) is 5.91 Å². The van der Waals surface area contributed by atoms with Crippen LogP contribution in [0.1, 0.15) is 296 Å². The molecule has 0 saturated heterocycles. The monoisotopic (exact) mass is 762 g/mol. The van der Waals surface area contributed by atoms with Gasteiger partial charge in [-0.25, -0.2) is 0 Å². The number of carbonyl (C=O) groups excluding carboxylic acids is 2. The molecule has 0 spiro atoms. The molecule has 0 heterocycles. The Bertz CT molecular complexity index is 739. The number of unbranched alkanes of at least 4 members (excludes halogenated alkanes) is 37. The predicted octanol–water partition coefficient (Wildman–Crippen LogP) is 16.2. The molecule has 0 aromatic carbocycles. The Morgan fingerprint density at radius 1 is 0.352 bits per heavy atom. The van der Waals surface area contributed by atoms with Crippen LogP contribution >= 0.6 is 0 Å². The van der Waals surface area contributed by atoms with Crippen LogP contribution < -0.4 is 5.32 Å². The summed E-state index contributed by atoms with van der Waals surface area (Å²) in [6, 6.07) is 0. The van der Waals surface area contributed by atoms with E-state index in [4.69, 9.17) is 0 Å². The van der Waals surface area contributed by atoms with E-state index in [1.165, 1.54) is 225 Å². The van der Waals surface area contributed by atoms with Crippen molar-refractivity contribution < 1.29 is 14.7 Å². The van der Waals surface area contributed by atoms with Crippen molar-refractivity contribution in [3.05, 3.63) is 0 Å². The van der Waals surface area contributed by atoms with E-state index in [9.17, 15) is 14.7 Å². The standard InChI is InChI=1S/C50H99NO3/c1-3-5-7-9-11-13-15-17-20-25-29-33-37-41-45-49(53)47-51-50(54)46-42-38-34-30-26-22-18-21-24-28-32-36-40-44-48(52)43-39-35-31-27-23-19-16-14-12-10-8-6-4-2/h49,53H,3-47H2,1-2H3,(H,51,54)/t49-/m1/s1.